The molecule has 0 fully saturated rings. The quantitative estimate of drug-likeness (QED) is 0.367. The maximum absolute atomic E-state index is 2.54. The average Bonchev–Trinajstić information content (AvgIpc) is 2.68. The molecule has 39 heavy (non-hydrogen) atoms. The van der Waals surface area contributed by atoms with E-state index in [1.807, 2.05) is 0 Å². The number of rotatable bonds is 4. The largest absolute Gasteiger partial charge is 0.0561 e. The molecule has 0 nitrogen and oxygen atoms in total. The molecule has 0 N–H and O–H groups in total. The topological polar surface area (TPSA) is 0 Å². The minimum atomic E-state index is 0.116. The molecular weight excluding hydrogens is 468 g/mol. The summed E-state index contributed by atoms with van der Waals surface area (Å²) in [6.07, 6.45) is 3.41. The van der Waals surface area contributed by atoms with E-state index in [9.17, 15) is 0 Å². The Hall–Kier alpha value is -1.56. The van der Waals surface area contributed by atoms with E-state index in [1.165, 1.54) is 39.8 Å². The Labute approximate surface area is 244 Å². The van der Waals surface area contributed by atoms with Gasteiger partial charge < -0.3 is 0 Å². The van der Waals surface area contributed by atoms with Crippen LogP contribution in [-0.4, -0.2) is 0 Å². The molecule has 0 aromatic heterocycles. The van der Waals surface area contributed by atoms with Gasteiger partial charge in [0.15, 0.2) is 0 Å². The van der Waals surface area contributed by atoms with Crippen molar-refractivity contribution in [1.29, 1.82) is 0 Å². The maximum Gasteiger partial charge on any atom is -0.0126 e. The second-order valence-electron chi connectivity index (χ2n) is 18.5. The van der Waals surface area contributed by atoms with Crippen LogP contribution in [0.25, 0.3) is 0 Å². The highest BCUT2D eigenvalue weighted by molar-refractivity contribution is 5.51. The minimum Gasteiger partial charge on any atom is -0.0561 e. The Balaban J connectivity index is 2.59. The highest BCUT2D eigenvalue weighted by Crippen LogP contribution is 2.43. The summed E-state index contributed by atoms with van der Waals surface area (Å²) in [6, 6.07) is 10.2. The van der Waals surface area contributed by atoms with Gasteiger partial charge in [-0.3, -0.25) is 0 Å². The molecule has 0 heterocycles. The van der Waals surface area contributed by atoms with Crippen molar-refractivity contribution < 1.29 is 0 Å². The van der Waals surface area contributed by atoms with Crippen molar-refractivity contribution in [3.63, 3.8) is 0 Å². The first-order valence-electron chi connectivity index (χ1n) is 15.5. The van der Waals surface area contributed by atoms with Crippen molar-refractivity contribution in [2.45, 2.75) is 176 Å². The lowest BCUT2D eigenvalue weighted by molar-refractivity contribution is 0.495. The molecule has 0 spiro atoms. The SMILES string of the molecule is CC(C)(C)c1cc(CCCc2cc(C(C)(C)C)c(C(C)(C)C)c(C(C)(C)C)c2)cc(C(C)(C)C)c1C(C)(C)C. The zero-order valence-electron chi connectivity index (χ0n) is 29.4. The Morgan fingerprint density at radius 3 is 0.692 bits per heavy atom. The predicted octanol–water partition coefficient (Wildman–Crippen LogP) is 11.6. The van der Waals surface area contributed by atoms with Crippen LogP contribution < -0.4 is 0 Å². The lowest BCUT2D eigenvalue weighted by Gasteiger charge is -2.37. The van der Waals surface area contributed by atoms with Gasteiger partial charge in [0.05, 0.1) is 0 Å². The molecule has 0 amide bonds. The van der Waals surface area contributed by atoms with Crippen LogP contribution in [0.2, 0.25) is 0 Å². The molecule has 0 atom stereocenters. The summed E-state index contributed by atoms with van der Waals surface area (Å²) in [5.74, 6) is 0. The summed E-state index contributed by atoms with van der Waals surface area (Å²) in [5.41, 5.74) is 12.9. The Bertz CT molecular complexity index is 980. The molecule has 2 aromatic carbocycles. The molecule has 0 aliphatic rings. The van der Waals surface area contributed by atoms with E-state index >= 15 is 0 Å². The van der Waals surface area contributed by atoms with Crippen LogP contribution in [0.5, 0.6) is 0 Å². The fourth-order valence-corrected chi connectivity index (χ4v) is 6.17. The van der Waals surface area contributed by atoms with Crippen molar-refractivity contribution in [3.05, 3.63) is 68.8 Å². The standard InChI is InChI=1S/C39H64/c1-34(2,3)28-22-26(23-29(35(4,5)6)32(28)38(13,14)15)20-19-21-27-24-30(36(7,8)9)33(39(16,17)18)31(25-27)37(10,11)12/h22-25H,19-21H2,1-18H3. The third-order valence-corrected chi connectivity index (χ3v) is 8.06. The number of benzene rings is 2. The Kier molecular flexibility index (Phi) is 9.22. The van der Waals surface area contributed by atoms with Crippen LogP contribution in [0.15, 0.2) is 24.3 Å². The van der Waals surface area contributed by atoms with E-state index in [4.69, 9.17) is 0 Å². The first-order valence-corrected chi connectivity index (χ1v) is 15.5. The molecule has 0 heteroatoms. The highest BCUT2D eigenvalue weighted by Gasteiger charge is 2.33. The smallest absolute Gasteiger partial charge is 0.0126 e. The van der Waals surface area contributed by atoms with Gasteiger partial charge >= 0.3 is 0 Å². The minimum absolute atomic E-state index is 0.116. The molecule has 0 saturated carbocycles. The van der Waals surface area contributed by atoms with Crippen LogP contribution in [0, 0.1) is 0 Å². The van der Waals surface area contributed by atoms with Crippen molar-refractivity contribution in [1.82, 2.24) is 0 Å². The van der Waals surface area contributed by atoms with Crippen LogP contribution in [0.1, 0.15) is 176 Å². The maximum atomic E-state index is 2.54. The molecule has 2 rings (SSSR count). The monoisotopic (exact) mass is 533 g/mol. The van der Waals surface area contributed by atoms with Crippen molar-refractivity contribution in [3.8, 4) is 0 Å². The van der Waals surface area contributed by atoms with E-state index in [1.54, 1.807) is 11.1 Å². The molecule has 220 valence electrons. The second kappa shape index (κ2) is 10.7. The summed E-state index contributed by atoms with van der Waals surface area (Å²) < 4.78 is 0. The second-order valence-corrected chi connectivity index (χ2v) is 18.5. The summed E-state index contributed by atoms with van der Waals surface area (Å²) >= 11 is 0. The molecule has 0 bridgehead atoms. The van der Waals surface area contributed by atoms with Gasteiger partial charge in [-0.2, -0.15) is 0 Å². The van der Waals surface area contributed by atoms with Gasteiger partial charge in [-0.25, -0.2) is 0 Å². The summed E-state index contributed by atoms with van der Waals surface area (Å²) in [5, 5.41) is 0. The lowest BCUT2D eigenvalue weighted by atomic mass is 9.67. The molecule has 0 saturated heterocycles. The molecule has 0 aliphatic carbocycles. The van der Waals surface area contributed by atoms with Crippen LogP contribution in [0.4, 0.5) is 0 Å². The molecule has 0 radical (unpaired) electrons. The van der Waals surface area contributed by atoms with Crippen LogP contribution in [-0.2, 0) is 45.3 Å². The summed E-state index contributed by atoms with van der Waals surface area (Å²) in [7, 11) is 0. The van der Waals surface area contributed by atoms with E-state index in [0.29, 0.717) is 0 Å². The first kappa shape index (κ1) is 33.6. The number of hydrogen-bond donors (Lipinski definition) is 0. The predicted molar refractivity (Wildman–Crippen MR) is 177 cm³/mol. The van der Waals surface area contributed by atoms with Gasteiger partial charge in [-0.1, -0.05) is 149 Å². The van der Waals surface area contributed by atoms with E-state index < -0.39 is 0 Å². The van der Waals surface area contributed by atoms with Crippen molar-refractivity contribution in [2.75, 3.05) is 0 Å². The zero-order valence-corrected chi connectivity index (χ0v) is 29.4. The summed E-state index contributed by atoms with van der Waals surface area (Å²) in [4.78, 5) is 0. The average molecular weight is 533 g/mol. The Morgan fingerprint density at radius 2 is 0.538 bits per heavy atom. The van der Waals surface area contributed by atoms with Gasteiger partial charge in [0, 0.05) is 0 Å². The number of aryl methyl sites for hydroxylation is 2. The van der Waals surface area contributed by atoms with E-state index in [0.717, 1.165) is 12.8 Å². The number of hydrogen-bond acceptors (Lipinski definition) is 0. The van der Waals surface area contributed by atoms with E-state index in [-0.39, 0.29) is 32.5 Å². The lowest BCUT2D eigenvalue weighted by Crippen LogP contribution is -2.28. The fourth-order valence-electron chi connectivity index (χ4n) is 6.17. The zero-order chi connectivity index (χ0) is 30.6. The van der Waals surface area contributed by atoms with Crippen molar-refractivity contribution in [2.24, 2.45) is 0 Å². The van der Waals surface area contributed by atoms with Gasteiger partial charge in [0.1, 0.15) is 0 Å². The van der Waals surface area contributed by atoms with Crippen molar-refractivity contribution >= 4 is 0 Å². The van der Waals surface area contributed by atoms with Gasteiger partial charge in [0.25, 0.3) is 0 Å². The highest BCUT2D eigenvalue weighted by atomic mass is 14.4. The van der Waals surface area contributed by atoms with Crippen LogP contribution >= 0.6 is 0 Å². The van der Waals surface area contributed by atoms with Crippen LogP contribution in [0.3, 0.4) is 0 Å². The Morgan fingerprint density at radius 1 is 0.333 bits per heavy atom. The fraction of sp³-hybridized carbons (Fsp3) is 0.692. The normalized spacial score (nSPS) is 14.2. The van der Waals surface area contributed by atoms with Gasteiger partial charge in [-0.15, -0.1) is 0 Å². The third kappa shape index (κ3) is 8.24. The molecular formula is C39H64. The van der Waals surface area contributed by atoms with E-state index in [2.05, 4.69) is 149 Å². The molecule has 0 unspecified atom stereocenters. The third-order valence-electron chi connectivity index (χ3n) is 8.06. The molecule has 2 aromatic rings. The molecule has 0 aliphatic heterocycles. The van der Waals surface area contributed by atoms with Gasteiger partial charge in [0.2, 0.25) is 0 Å². The first-order chi connectivity index (χ1) is 17.1. The summed E-state index contributed by atoms with van der Waals surface area (Å²) in [6.45, 7) is 42.9. The van der Waals surface area contributed by atoms with Gasteiger partial charge in [-0.05, 0) is 96.3 Å².